The van der Waals surface area contributed by atoms with Gasteiger partial charge in [-0.2, -0.15) is 0 Å². The van der Waals surface area contributed by atoms with Gasteiger partial charge in [0.1, 0.15) is 11.5 Å². The van der Waals surface area contributed by atoms with E-state index in [0.717, 1.165) is 0 Å². The Morgan fingerprint density at radius 2 is 1.87 bits per heavy atom. The highest BCUT2D eigenvalue weighted by atomic mass is 16.5. The van der Waals surface area contributed by atoms with Gasteiger partial charge in [0.05, 0.1) is 18.8 Å². The maximum Gasteiger partial charge on any atom is 0.163 e. The molecule has 0 fully saturated rings. The average Bonchev–Trinajstić information content (AvgIpc) is 2.21. The van der Waals surface area contributed by atoms with E-state index < -0.39 is 0 Å². The maximum absolute atomic E-state index is 11.4. The fourth-order valence-corrected chi connectivity index (χ4v) is 1.32. The van der Waals surface area contributed by atoms with Crippen molar-refractivity contribution in [2.24, 2.45) is 0 Å². The first-order chi connectivity index (χ1) is 7.19. The molecule has 0 spiro atoms. The molecule has 0 unspecified atom stereocenters. The summed E-state index contributed by atoms with van der Waals surface area (Å²) in [5.41, 5.74) is 0.572. The standard InChI is InChI=1S/C12H16O3/c1-4-14-10-6-7-12(15-5-2)11(8-10)9(3)13/h6-8H,4-5H2,1-3H3. The normalized spacial score (nSPS) is 9.80. The van der Waals surface area contributed by atoms with E-state index in [4.69, 9.17) is 9.47 Å². The second-order valence-corrected chi connectivity index (χ2v) is 3.08. The molecule has 0 radical (unpaired) electrons. The lowest BCUT2D eigenvalue weighted by Crippen LogP contribution is -2.01. The first kappa shape index (κ1) is 11.6. The van der Waals surface area contributed by atoms with Crippen molar-refractivity contribution < 1.29 is 14.3 Å². The second-order valence-electron chi connectivity index (χ2n) is 3.08. The minimum Gasteiger partial charge on any atom is -0.494 e. The first-order valence-electron chi connectivity index (χ1n) is 5.09. The van der Waals surface area contributed by atoms with Gasteiger partial charge in [0.2, 0.25) is 0 Å². The summed E-state index contributed by atoms with van der Waals surface area (Å²) in [6, 6.07) is 5.29. The topological polar surface area (TPSA) is 35.5 Å². The highest BCUT2D eigenvalue weighted by Crippen LogP contribution is 2.24. The van der Waals surface area contributed by atoms with Crippen LogP contribution in [-0.4, -0.2) is 19.0 Å². The minimum atomic E-state index is -0.0139. The number of benzene rings is 1. The Morgan fingerprint density at radius 1 is 1.20 bits per heavy atom. The molecule has 1 aromatic rings. The third kappa shape index (κ3) is 2.98. The van der Waals surface area contributed by atoms with Crippen molar-refractivity contribution in [2.45, 2.75) is 20.8 Å². The predicted octanol–water partition coefficient (Wildman–Crippen LogP) is 2.69. The van der Waals surface area contributed by atoms with Gasteiger partial charge >= 0.3 is 0 Å². The highest BCUT2D eigenvalue weighted by molar-refractivity contribution is 5.97. The number of Topliss-reactive ketones (excluding diaryl/α,β-unsaturated/α-hetero) is 1. The fourth-order valence-electron chi connectivity index (χ4n) is 1.32. The lowest BCUT2D eigenvalue weighted by atomic mass is 10.1. The molecule has 0 bridgehead atoms. The van der Waals surface area contributed by atoms with Gasteiger partial charge in [0.15, 0.2) is 5.78 Å². The third-order valence-corrected chi connectivity index (χ3v) is 1.94. The Bertz CT molecular complexity index is 345. The van der Waals surface area contributed by atoms with Crippen LogP contribution in [-0.2, 0) is 0 Å². The molecular weight excluding hydrogens is 192 g/mol. The first-order valence-corrected chi connectivity index (χ1v) is 5.09. The van der Waals surface area contributed by atoms with Crippen LogP contribution in [0.1, 0.15) is 31.1 Å². The summed E-state index contributed by atoms with van der Waals surface area (Å²) >= 11 is 0. The maximum atomic E-state index is 11.4. The van der Waals surface area contributed by atoms with Gasteiger partial charge in [0, 0.05) is 0 Å². The van der Waals surface area contributed by atoms with Crippen molar-refractivity contribution in [1.29, 1.82) is 0 Å². The van der Waals surface area contributed by atoms with Gasteiger partial charge in [0.25, 0.3) is 0 Å². The number of ether oxygens (including phenoxy) is 2. The lowest BCUT2D eigenvalue weighted by molar-refractivity contribution is 0.101. The van der Waals surface area contributed by atoms with E-state index in [2.05, 4.69) is 0 Å². The third-order valence-electron chi connectivity index (χ3n) is 1.94. The summed E-state index contributed by atoms with van der Waals surface area (Å²) in [7, 11) is 0. The Labute approximate surface area is 90.0 Å². The van der Waals surface area contributed by atoms with Crippen molar-refractivity contribution >= 4 is 5.78 Å². The van der Waals surface area contributed by atoms with Crippen LogP contribution in [0.3, 0.4) is 0 Å². The highest BCUT2D eigenvalue weighted by Gasteiger charge is 2.09. The summed E-state index contributed by atoms with van der Waals surface area (Å²) in [5.74, 6) is 1.31. The van der Waals surface area contributed by atoms with Crippen LogP contribution in [0.15, 0.2) is 18.2 Å². The molecule has 0 aromatic heterocycles. The lowest BCUT2D eigenvalue weighted by Gasteiger charge is -2.10. The number of carbonyl (C=O) groups excluding carboxylic acids is 1. The van der Waals surface area contributed by atoms with Gasteiger partial charge in [-0.15, -0.1) is 0 Å². The molecule has 15 heavy (non-hydrogen) atoms. The second kappa shape index (κ2) is 5.39. The SMILES string of the molecule is CCOc1ccc(OCC)c(C(C)=O)c1. The smallest absolute Gasteiger partial charge is 0.163 e. The van der Waals surface area contributed by atoms with Crippen LogP contribution in [0, 0.1) is 0 Å². The quantitative estimate of drug-likeness (QED) is 0.698. The van der Waals surface area contributed by atoms with Crippen LogP contribution in [0.4, 0.5) is 0 Å². The van der Waals surface area contributed by atoms with E-state index in [0.29, 0.717) is 30.3 Å². The Kier molecular flexibility index (Phi) is 4.16. The van der Waals surface area contributed by atoms with E-state index in [1.807, 2.05) is 13.8 Å². The molecule has 82 valence electrons. The molecular formula is C12H16O3. The molecule has 0 aliphatic heterocycles. The molecule has 0 amide bonds. The molecule has 0 aliphatic rings. The van der Waals surface area contributed by atoms with Crippen molar-refractivity contribution in [2.75, 3.05) is 13.2 Å². The largest absolute Gasteiger partial charge is 0.494 e. The molecule has 1 aromatic carbocycles. The van der Waals surface area contributed by atoms with Crippen LogP contribution in [0.25, 0.3) is 0 Å². The molecule has 3 heteroatoms. The van der Waals surface area contributed by atoms with Gasteiger partial charge in [-0.1, -0.05) is 0 Å². The summed E-state index contributed by atoms with van der Waals surface area (Å²) in [4.78, 5) is 11.4. The van der Waals surface area contributed by atoms with Gasteiger partial charge in [-0.05, 0) is 39.0 Å². The van der Waals surface area contributed by atoms with Crippen LogP contribution < -0.4 is 9.47 Å². The molecule has 3 nitrogen and oxygen atoms in total. The van der Waals surface area contributed by atoms with Gasteiger partial charge in [-0.25, -0.2) is 0 Å². The Balaban J connectivity index is 3.03. The number of carbonyl (C=O) groups is 1. The van der Waals surface area contributed by atoms with Crippen LogP contribution in [0.2, 0.25) is 0 Å². The molecule has 0 atom stereocenters. The number of hydrogen-bond donors (Lipinski definition) is 0. The molecule has 0 N–H and O–H groups in total. The van der Waals surface area contributed by atoms with E-state index >= 15 is 0 Å². The summed E-state index contributed by atoms with van der Waals surface area (Å²) in [5, 5.41) is 0. The van der Waals surface area contributed by atoms with Crippen molar-refractivity contribution in [3.05, 3.63) is 23.8 Å². The Hall–Kier alpha value is -1.51. The summed E-state index contributed by atoms with van der Waals surface area (Å²) < 4.78 is 10.7. The van der Waals surface area contributed by atoms with E-state index in [-0.39, 0.29) is 5.78 Å². The van der Waals surface area contributed by atoms with Crippen molar-refractivity contribution in [1.82, 2.24) is 0 Å². The number of hydrogen-bond acceptors (Lipinski definition) is 3. The fraction of sp³-hybridized carbons (Fsp3) is 0.417. The molecule has 0 saturated carbocycles. The zero-order valence-electron chi connectivity index (χ0n) is 9.37. The van der Waals surface area contributed by atoms with Crippen LogP contribution in [0.5, 0.6) is 11.5 Å². The van der Waals surface area contributed by atoms with Crippen LogP contribution >= 0.6 is 0 Å². The van der Waals surface area contributed by atoms with E-state index in [1.165, 1.54) is 6.92 Å². The molecule has 0 saturated heterocycles. The number of rotatable bonds is 5. The molecule has 1 rings (SSSR count). The number of ketones is 1. The summed E-state index contributed by atoms with van der Waals surface area (Å²) in [6.07, 6.45) is 0. The van der Waals surface area contributed by atoms with E-state index in [1.54, 1.807) is 18.2 Å². The zero-order valence-corrected chi connectivity index (χ0v) is 9.37. The molecule has 0 heterocycles. The Morgan fingerprint density at radius 3 is 2.40 bits per heavy atom. The predicted molar refractivity (Wildman–Crippen MR) is 58.8 cm³/mol. The van der Waals surface area contributed by atoms with E-state index in [9.17, 15) is 4.79 Å². The van der Waals surface area contributed by atoms with Gasteiger partial charge < -0.3 is 9.47 Å². The van der Waals surface area contributed by atoms with Gasteiger partial charge in [-0.3, -0.25) is 4.79 Å². The monoisotopic (exact) mass is 208 g/mol. The summed E-state index contributed by atoms with van der Waals surface area (Å²) in [6.45, 7) is 6.46. The minimum absolute atomic E-state index is 0.0139. The van der Waals surface area contributed by atoms with Crippen molar-refractivity contribution in [3.63, 3.8) is 0 Å². The molecule has 0 aliphatic carbocycles. The zero-order chi connectivity index (χ0) is 11.3. The van der Waals surface area contributed by atoms with Crippen molar-refractivity contribution in [3.8, 4) is 11.5 Å². The average molecular weight is 208 g/mol.